The average molecular weight is 706 g/mol. The van der Waals surface area contributed by atoms with Crippen LogP contribution in [-0.4, -0.2) is 9.13 Å². The molecule has 1 aliphatic carbocycles. The van der Waals surface area contributed by atoms with Gasteiger partial charge in [0.25, 0.3) is 0 Å². The Morgan fingerprint density at radius 2 is 1.24 bits per heavy atom. The van der Waals surface area contributed by atoms with Gasteiger partial charge in [0.05, 0.1) is 28.7 Å². The molecule has 0 saturated carbocycles. The number of benzene rings is 7. The third-order valence-electron chi connectivity index (χ3n) is 11.7. The fourth-order valence-electron chi connectivity index (χ4n) is 9.01. The Morgan fingerprint density at radius 1 is 0.582 bits per heavy atom. The zero-order valence-corrected chi connectivity index (χ0v) is 30.3. The third kappa shape index (κ3) is 4.90. The molecule has 55 heavy (non-hydrogen) atoms. The number of hydrogen-bond donors (Lipinski definition) is 0. The van der Waals surface area contributed by atoms with Crippen molar-refractivity contribution < 1.29 is 4.42 Å². The highest BCUT2D eigenvalue weighted by Gasteiger charge is 2.22. The van der Waals surface area contributed by atoms with Crippen molar-refractivity contribution in [2.45, 2.75) is 19.4 Å². The largest absolute Gasteiger partial charge is 0.456 e. The van der Waals surface area contributed by atoms with Crippen LogP contribution in [0.4, 0.5) is 0 Å². The van der Waals surface area contributed by atoms with Gasteiger partial charge in [-0.05, 0) is 94.9 Å². The summed E-state index contributed by atoms with van der Waals surface area (Å²) >= 11 is 0. The molecular formula is C51H35N3O. The van der Waals surface area contributed by atoms with Crippen molar-refractivity contribution in [2.75, 3.05) is 0 Å². The van der Waals surface area contributed by atoms with E-state index in [9.17, 15) is 5.26 Å². The van der Waals surface area contributed by atoms with E-state index in [0.717, 1.165) is 39.6 Å². The molecule has 0 amide bonds. The van der Waals surface area contributed by atoms with E-state index in [1.54, 1.807) is 0 Å². The molecule has 11 rings (SSSR count). The third-order valence-corrected chi connectivity index (χ3v) is 11.7. The molecule has 3 aromatic heterocycles. The molecular weight excluding hydrogens is 671 g/mol. The lowest BCUT2D eigenvalue weighted by molar-refractivity contribution is 0.510. The van der Waals surface area contributed by atoms with E-state index in [4.69, 9.17) is 4.42 Å². The molecule has 2 unspecified atom stereocenters. The topological polar surface area (TPSA) is 46.8 Å². The Hall–Kier alpha value is -7.09. The second-order valence-corrected chi connectivity index (χ2v) is 14.9. The summed E-state index contributed by atoms with van der Waals surface area (Å²) in [5.41, 5.74) is 13.1. The number of nitrogens with zero attached hydrogens (tertiary/aromatic N) is 3. The highest BCUT2D eigenvalue weighted by molar-refractivity contribution is 6.12. The van der Waals surface area contributed by atoms with Crippen molar-refractivity contribution in [1.82, 2.24) is 9.13 Å². The van der Waals surface area contributed by atoms with E-state index in [1.165, 1.54) is 60.3 Å². The molecule has 10 aromatic rings. The number of nitriles is 1. The average Bonchev–Trinajstić information content (AvgIpc) is 3.89. The molecule has 0 N–H and O–H groups in total. The monoisotopic (exact) mass is 705 g/mol. The number of hydrogen-bond acceptors (Lipinski definition) is 2. The van der Waals surface area contributed by atoms with E-state index < -0.39 is 0 Å². The number of aromatic nitrogens is 2. The van der Waals surface area contributed by atoms with Crippen LogP contribution in [0.2, 0.25) is 0 Å². The second kappa shape index (κ2) is 12.2. The maximum atomic E-state index is 9.44. The van der Waals surface area contributed by atoms with Gasteiger partial charge in [0.1, 0.15) is 11.2 Å². The maximum absolute atomic E-state index is 9.44. The molecule has 0 radical (unpaired) electrons. The predicted molar refractivity (Wildman–Crippen MR) is 227 cm³/mol. The highest BCUT2D eigenvalue weighted by Crippen LogP contribution is 2.40. The Balaban J connectivity index is 0.971. The van der Waals surface area contributed by atoms with Gasteiger partial charge in [0.2, 0.25) is 0 Å². The van der Waals surface area contributed by atoms with Gasteiger partial charge in [0.15, 0.2) is 0 Å². The lowest BCUT2D eigenvalue weighted by atomic mass is 9.96. The molecule has 0 aliphatic heterocycles. The summed E-state index contributed by atoms with van der Waals surface area (Å²) in [5.74, 6) is 0.414. The van der Waals surface area contributed by atoms with Crippen molar-refractivity contribution >= 4 is 65.6 Å². The molecule has 0 saturated heterocycles. The van der Waals surface area contributed by atoms with Crippen LogP contribution in [0.5, 0.6) is 0 Å². The predicted octanol–water partition coefficient (Wildman–Crippen LogP) is 13.2. The van der Waals surface area contributed by atoms with E-state index >= 15 is 0 Å². The SMILES string of the molecule is CC1C=CC=CC1n1c2ccccc2c2cc(-c3ccc4c(c3)c3ccccc3n4-c3ccc(Cc4cccc5c4oc4ccc(C#N)cc45)cc3)ccc21. The quantitative estimate of drug-likeness (QED) is 0.179. The van der Waals surface area contributed by atoms with Crippen LogP contribution in [0.15, 0.2) is 174 Å². The molecule has 3 heterocycles. The molecule has 7 aromatic carbocycles. The number of rotatable bonds is 5. The van der Waals surface area contributed by atoms with Crippen molar-refractivity contribution in [2.24, 2.45) is 5.92 Å². The van der Waals surface area contributed by atoms with Gasteiger partial charge in [-0.15, -0.1) is 0 Å². The summed E-state index contributed by atoms with van der Waals surface area (Å²) in [4.78, 5) is 0. The standard InChI is InChI=1S/C51H35N3O/c1-32-9-2-5-14-45(32)54-47-16-7-4-12-40(47)43-30-36(21-25-49(43)54)35-20-24-48-42(29-35)39-11-3-6-15-46(39)53(48)38-22-17-33(18-23-38)27-37-10-8-13-41-44-28-34(31-52)19-26-50(44)55-51(37)41/h2-26,28-30,32,45H,27H2,1H3. The van der Waals surface area contributed by atoms with Crippen LogP contribution >= 0.6 is 0 Å². The van der Waals surface area contributed by atoms with Crippen LogP contribution in [0.25, 0.3) is 82.4 Å². The minimum atomic E-state index is 0.278. The molecule has 1 aliphatic rings. The molecule has 0 spiro atoms. The number of para-hydroxylation sites is 3. The Kier molecular flexibility index (Phi) is 6.99. The van der Waals surface area contributed by atoms with Gasteiger partial charge >= 0.3 is 0 Å². The minimum Gasteiger partial charge on any atom is -0.456 e. The maximum Gasteiger partial charge on any atom is 0.138 e. The van der Waals surface area contributed by atoms with Crippen molar-refractivity contribution in [3.05, 3.63) is 187 Å². The second-order valence-electron chi connectivity index (χ2n) is 14.9. The van der Waals surface area contributed by atoms with Crippen LogP contribution in [0.3, 0.4) is 0 Å². The first-order chi connectivity index (χ1) is 27.1. The van der Waals surface area contributed by atoms with E-state index in [1.807, 2.05) is 18.2 Å². The first kappa shape index (κ1) is 31.4. The lowest BCUT2D eigenvalue weighted by Gasteiger charge is -2.24. The van der Waals surface area contributed by atoms with E-state index in [0.29, 0.717) is 11.5 Å². The normalized spacial score (nSPS) is 15.6. The van der Waals surface area contributed by atoms with Crippen molar-refractivity contribution in [3.63, 3.8) is 0 Å². The fraction of sp³-hybridized carbons (Fsp3) is 0.0784. The Morgan fingerprint density at radius 3 is 2.02 bits per heavy atom. The summed E-state index contributed by atoms with van der Waals surface area (Å²) in [5, 5.41) is 16.5. The fourth-order valence-corrected chi connectivity index (χ4v) is 9.01. The summed E-state index contributed by atoms with van der Waals surface area (Å²) in [6.07, 6.45) is 9.72. The molecule has 0 bridgehead atoms. The van der Waals surface area contributed by atoms with Gasteiger partial charge < -0.3 is 13.6 Å². The smallest absolute Gasteiger partial charge is 0.138 e. The van der Waals surface area contributed by atoms with Crippen LogP contribution in [-0.2, 0) is 6.42 Å². The first-order valence-corrected chi connectivity index (χ1v) is 19.0. The van der Waals surface area contributed by atoms with Crippen molar-refractivity contribution in [3.8, 4) is 22.9 Å². The summed E-state index contributed by atoms with van der Waals surface area (Å²) in [6, 6.07) is 54.8. The lowest BCUT2D eigenvalue weighted by Crippen LogP contribution is -2.15. The van der Waals surface area contributed by atoms with E-state index in [-0.39, 0.29) is 6.04 Å². The molecule has 260 valence electrons. The highest BCUT2D eigenvalue weighted by atomic mass is 16.3. The van der Waals surface area contributed by atoms with Crippen molar-refractivity contribution in [1.29, 1.82) is 5.26 Å². The van der Waals surface area contributed by atoms with Gasteiger partial charge in [-0.1, -0.05) is 110 Å². The van der Waals surface area contributed by atoms with Gasteiger partial charge in [-0.3, -0.25) is 0 Å². The number of furan rings is 1. The van der Waals surface area contributed by atoms with Crippen LogP contribution in [0.1, 0.15) is 29.7 Å². The van der Waals surface area contributed by atoms with E-state index in [2.05, 4.69) is 174 Å². The zero-order chi connectivity index (χ0) is 36.6. The molecule has 4 heteroatoms. The Bertz CT molecular complexity index is 3270. The number of allylic oxidation sites excluding steroid dienone is 4. The summed E-state index contributed by atoms with van der Waals surface area (Å²) < 4.78 is 11.2. The van der Waals surface area contributed by atoms with Gasteiger partial charge in [0, 0.05) is 55.5 Å². The number of fused-ring (bicyclic) bond motifs is 9. The van der Waals surface area contributed by atoms with Gasteiger partial charge in [-0.2, -0.15) is 5.26 Å². The molecule has 0 fully saturated rings. The minimum absolute atomic E-state index is 0.278. The van der Waals surface area contributed by atoms with Crippen LogP contribution in [0, 0.1) is 17.2 Å². The molecule has 4 nitrogen and oxygen atoms in total. The van der Waals surface area contributed by atoms with Gasteiger partial charge in [-0.25, -0.2) is 0 Å². The Labute approximate surface area is 318 Å². The first-order valence-electron chi connectivity index (χ1n) is 19.0. The zero-order valence-electron chi connectivity index (χ0n) is 30.3. The van der Waals surface area contributed by atoms with Crippen LogP contribution < -0.4 is 0 Å². The summed E-state index contributed by atoms with van der Waals surface area (Å²) in [6.45, 7) is 2.30. The molecule has 2 atom stereocenters. The summed E-state index contributed by atoms with van der Waals surface area (Å²) in [7, 11) is 0.